The summed E-state index contributed by atoms with van der Waals surface area (Å²) in [5.41, 5.74) is 20.3. The number of hydrogen-bond donors (Lipinski definition) is 1. The number of nitrogens with zero attached hydrogens (tertiary/aromatic N) is 1. The minimum atomic E-state index is 0.818. The standard InChI is InChI=1S/C55H36N2.2C2H6/c1-2-9-38(34-56)35-18-24-39(25-19-35)57(40-26-20-36(21-27-40)42-30-32-52-46-12-5-3-10-44(46)50-16-7-14-48(42)54(50)52)41-28-22-37(23-29-41)43-31-33-53-47-13-6-4-11-45(47)51-17-8-15-49(43)55(51)53;2*1-2/h2-34,56H,1H2;2*1-2H3/b38-9+,56-34?;;. The molecule has 2 aliphatic rings. The van der Waals surface area contributed by atoms with Crippen LogP contribution in [-0.4, -0.2) is 6.21 Å². The van der Waals surface area contributed by atoms with E-state index in [1.807, 2.05) is 33.8 Å². The average Bonchev–Trinajstić information content (AvgIpc) is 3.85. The van der Waals surface area contributed by atoms with Crippen LogP contribution in [-0.2, 0) is 0 Å². The van der Waals surface area contributed by atoms with Crippen molar-refractivity contribution in [3.8, 4) is 66.8 Å². The Morgan fingerprint density at radius 2 is 0.738 bits per heavy atom. The predicted octanol–water partition coefficient (Wildman–Crippen LogP) is 17.4. The van der Waals surface area contributed by atoms with Crippen LogP contribution in [0.3, 0.4) is 0 Å². The van der Waals surface area contributed by atoms with Crippen molar-refractivity contribution in [1.29, 1.82) is 5.41 Å². The normalized spacial score (nSPS) is 11.5. The zero-order valence-electron chi connectivity index (χ0n) is 35.2. The fourth-order valence-corrected chi connectivity index (χ4v) is 9.31. The van der Waals surface area contributed by atoms with Gasteiger partial charge in [0.25, 0.3) is 0 Å². The van der Waals surface area contributed by atoms with Crippen LogP contribution in [0.2, 0.25) is 0 Å². The van der Waals surface area contributed by atoms with E-state index in [0.29, 0.717) is 0 Å². The first-order chi connectivity index (χ1) is 30.2. The Morgan fingerprint density at radius 1 is 0.393 bits per heavy atom. The molecule has 0 aromatic heterocycles. The molecule has 0 bridgehead atoms. The van der Waals surface area contributed by atoms with Crippen LogP contribution in [0.5, 0.6) is 0 Å². The van der Waals surface area contributed by atoms with Gasteiger partial charge in [-0.2, -0.15) is 0 Å². The predicted molar refractivity (Wildman–Crippen MR) is 266 cm³/mol. The highest BCUT2D eigenvalue weighted by Gasteiger charge is 2.24. The third-order valence-corrected chi connectivity index (χ3v) is 11.9. The van der Waals surface area contributed by atoms with Crippen molar-refractivity contribution in [2.45, 2.75) is 27.7 Å². The largest absolute Gasteiger partial charge is 0.311 e. The van der Waals surface area contributed by atoms with Gasteiger partial charge in [0.15, 0.2) is 0 Å². The second-order valence-corrected chi connectivity index (χ2v) is 14.8. The van der Waals surface area contributed by atoms with Gasteiger partial charge in [-0.1, -0.05) is 192 Å². The maximum absolute atomic E-state index is 7.96. The van der Waals surface area contributed by atoms with E-state index in [4.69, 9.17) is 5.41 Å². The van der Waals surface area contributed by atoms with Crippen molar-refractivity contribution in [3.05, 3.63) is 206 Å². The summed E-state index contributed by atoms with van der Waals surface area (Å²) in [6.45, 7) is 11.8. The van der Waals surface area contributed by atoms with Crippen LogP contribution >= 0.6 is 0 Å². The number of allylic oxidation sites excluding steroid dienone is 3. The van der Waals surface area contributed by atoms with Gasteiger partial charge in [0.1, 0.15) is 0 Å². The second-order valence-electron chi connectivity index (χ2n) is 14.8. The summed E-state index contributed by atoms with van der Waals surface area (Å²) < 4.78 is 0. The Morgan fingerprint density at radius 3 is 1.11 bits per heavy atom. The molecule has 2 heteroatoms. The molecule has 2 aliphatic carbocycles. The number of rotatable bonds is 8. The Hall–Kier alpha value is -7.55. The molecule has 0 heterocycles. The molecular formula is C59H48N2. The van der Waals surface area contributed by atoms with Crippen LogP contribution in [0.1, 0.15) is 33.3 Å². The summed E-state index contributed by atoms with van der Waals surface area (Å²) in [5, 5.41) is 13.2. The third kappa shape index (κ3) is 6.49. The Bertz CT molecular complexity index is 2890. The highest BCUT2D eigenvalue weighted by Crippen LogP contribution is 2.51. The van der Waals surface area contributed by atoms with Crippen LogP contribution in [0.25, 0.3) is 93.9 Å². The van der Waals surface area contributed by atoms with Gasteiger partial charge in [-0.15, -0.1) is 0 Å². The zero-order chi connectivity index (χ0) is 42.0. The summed E-state index contributed by atoms with van der Waals surface area (Å²) in [4.78, 5) is 2.31. The summed E-state index contributed by atoms with van der Waals surface area (Å²) in [7, 11) is 0. The van der Waals surface area contributed by atoms with Gasteiger partial charge in [0, 0.05) is 23.3 Å². The topological polar surface area (TPSA) is 27.1 Å². The number of benzene rings is 9. The monoisotopic (exact) mass is 784 g/mol. The summed E-state index contributed by atoms with van der Waals surface area (Å²) in [5.74, 6) is 0. The van der Waals surface area contributed by atoms with E-state index in [2.05, 4.69) is 193 Å². The van der Waals surface area contributed by atoms with Crippen molar-refractivity contribution in [2.75, 3.05) is 4.90 Å². The van der Waals surface area contributed by atoms with E-state index in [9.17, 15) is 0 Å². The van der Waals surface area contributed by atoms with Gasteiger partial charge in [-0.3, -0.25) is 0 Å². The van der Waals surface area contributed by atoms with E-state index in [0.717, 1.165) is 28.2 Å². The number of hydrogen-bond acceptors (Lipinski definition) is 2. The molecule has 0 fully saturated rings. The molecule has 11 rings (SSSR count). The molecule has 0 saturated carbocycles. The molecular weight excluding hydrogens is 737 g/mol. The summed E-state index contributed by atoms with van der Waals surface area (Å²) in [6, 6.07) is 66.4. The minimum Gasteiger partial charge on any atom is -0.311 e. The molecule has 0 atom stereocenters. The van der Waals surface area contributed by atoms with Crippen LogP contribution in [0.15, 0.2) is 201 Å². The van der Waals surface area contributed by atoms with Gasteiger partial charge in [-0.25, -0.2) is 0 Å². The van der Waals surface area contributed by atoms with Crippen molar-refractivity contribution in [1.82, 2.24) is 0 Å². The van der Waals surface area contributed by atoms with Crippen LogP contribution in [0, 0.1) is 5.41 Å². The fourth-order valence-electron chi connectivity index (χ4n) is 9.31. The van der Waals surface area contributed by atoms with Crippen molar-refractivity contribution in [3.63, 3.8) is 0 Å². The molecule has 0 spiro atoms. The van der Waals surface area contributed by atoms with E-state index in [1.165, 1.54) is 94.5 Å². The molecule has 0 amide bonds. The van der Waals surface area contributed by atoms with E-state index in [1.54, 1.807) is 6.08 Å². The first kappa shape index (κ1) is 38.9. The van der Waals surface area contributed by atoms with Crippen LogP contribution in [0.4, 0.5) is 17.1 Å². The Balaban J connectivity index is 0.00000116. The molecule has 0 radical (unpaired) electrons. The minimum absolute atomic E-state index is 0.818. The fraction of sp³-hybridized carbons (Fsp3) is 0.0678. The van der Waals surface area contributed by atoms with Crippen molar-refractivity contribution < 1.29 is 0 Å². The SMILES string of the molecule is C=C/C=C(\C=N)c1ccc(N(c2ccc(-c3ccc4c5c(cccc35)-c3ccccc3-4)cc2)c2ccc(-c3ccc4c5c(cccc35)-c3ccccc3-4)cc2)cc1.CC.CC. The quantitative estimate of drug-likeness (QED) is 0.121. The van der Waals surface area contributed by atoms with Gasteiger partial charge in [0.05, 0.1) is 0 Å². The smallest absolute Gasteiger partial charge is 0.0462 e. The van der Waals surface area contributed by atoms with E-state index < -0.39 is 0 Å². The first-order valence-corrected chi connectivity index (χ1v) is 21.5. The Kier molecular flexibility index (Phi) is 10.6. The van der Waals surface area contributed by atoms with Crippen LogP contribution < -0.4 is 4.90 Å². The average molecular weight is 785 g/mol. The summed E-state index contributed by atoms with van der Waals surface area (Å²) >= 11 is 0. The molecule has 0 aliphatic heterocycles. The molecule has 294 valence electrons. The van der Waals surface area contributed by atoms with Gasteiger partial charge in [0.2, 0.25) is 0 Å². The first-order valence-electron chi connectivity index (χ1n) is 21.5. The molecule has 0 saturated heterocycles. The number of nitrogens with one attached hydrogen (secondary N) is 1. The van der Waals surface area contributed by atoms with Crippen molar-refractivity contribution in [2.24, 2.45) is 0 Å². The van der Waals surface area contributed by atoms with Gasteiger partial charge < -0.3 is 10.3 Å². The van der Waals surface area contributed by atoms with Gasteiger partial charge >= 0.3 is 0 Å². The molecule has 1 N–H and O–H groups in total. The third-order valence-electron chi connectivity index (χ3n) is 11.9. The highest BCUT2D eigenvalue weighted by molar-refractivity contribution is 6.20. The molecule has 61 heavy (non-hydrogen) atoms. The number of anilines is 3. The second kappa shape index (κ2) is 16.6. The maximum atomic E-state index is 7.96. The molecule has 2 nitrogen and oxygen atoms in total. The molecule has 0 unspecified atom stereocenters. The van der Waals surface area contributed by atoms with E-state index in [-0.39, 0.29) is 0 Å². The Labute approximate surface area is 359 Å². The van der Waals surface area contributed by atoms with E-state index >= 15 is 0 Å². The summed E-state index contributed by atoms with van der Waals surface area (Å²) in [6.07, 6.45) is 4.98. The maximum Gasteiger partial charge on any atom is 0.0462 e. The zero-order valence-corrected chi connectivity index (χ0v) is 35.2. The van der Waals surface area contributed by atoms with Gasteiger partial charge in [-0.05, 0) is 136 Å². The molecule has 9 aromatic carbocycles. The number of fused-ring (bicyclic) bond motifs is 6. The lowest BCUT2D eigenvalue weighted by molar-refractivity contribution is 1.28. The lowest BCUT2D eigenvalue weighted by Gasteiger charge is -2.26. The molecule has 9 aromatic rings. The lowest BCUT2D eigenvalue weighted by Crippen LogP contribution is -2.10. The highest BCUT2D eigenvalue weighted by atomic mass is 15.1. The van der Waals surface area contributed by atoms with Crippen molar-refractivity contribution >= 4 is 50.4 Å². The lowest BCUT2D eigenvalue weighted by atomic mass is 9.94.